The molecule has 0 amide bonds. The highest BCUT2D eigenvalue weighted by Crippen LogP contribution is 2.21. The zero-order valence-electron chi connectivity index (χ0n) is 14.8. The molecule has 27 heavy (non-hydrogen) atoms. The van der Waals surface area contributed by atoms with Crippen LogP contribution >= 0.6 is 0 Å². The molecule has 0 unspecified atom stereocenters. The van der Waals surface area contributed by atoms with E-state index < -0.39 is 16.0 Å². The minimum absolute atomic E-state index is 0.0318. The Balaban J connectivity index is 1.63. The lowest BCUT2D eigenvalue weighted by atomic mass is 10.1. The second kappa shape index (κ2) is 8.33. The van der Waals surface area contributed by atoms with Gasteiger partial charge >= 0.3 is 5.97 Å². The Morgan fingerprint density at radius 3 is 2.22 bits per heavy atom. The van der Waals surface area contributed by atoms with Crippen LogP contribution in [0.3, 0.4) is 0 Å². The average molecular weight is 384 g/mol. The Bertz CT molecular complexity index is 939. The van der Waals surface area contributed by atoms with Gasteiger partial charge in [-0.05, 0) is 54.8 Å². The van der Waals surface area contributed by atoms with Gasteiger partial charge in [0, 0.05) is 13.1 Å². The monoisotopic (exact) mass is 384 g/mol. The molecule has 1 saturated heterocycles. The number of nitriles is 1. The lowest BCUT2D eigenvalue weighted by Gasteiger charge is -2.25. The van der Waals surface area contributed by atoms with Gasteiger partial charge in [0.2, 0.25) is 10.0 Å². The van der Waals surface area contributed by atoms with Crippen LogP contribution in [-0.2, 0) is 21.2 Å². The number of carbonyl (C=O) groups excluding carboxylic acids is 1. The number of hydrogen-bond donors (Lipinski definition) is 0. The molecule has 0 bridgehead atoms. The van der Waals surface area contributed by atoms with E-state index in [9.17, 15) is 13.2 Å². The molecule has 0 saturated carbocycles. The first-order chi connectivity index (χ1) is 13.0. The van der Waals surface area contributed by atoms with Crippen molar-refractivity contribution in [3.05, 3.63) is 59.7 Å². The van der Waals surface area contributed by atoms with Gasteiger partial charge in [0.05, 0.1) is 22.9 Å². The minimum Gasteiger partial charge on any atom is -0.426 e. The average Bonchev–Trinajstić information content (AvgIpc) is 2.69. The summed E-state index contributed by atoms with van der Waals surface area (Å²) in [5.41, 5.74) is 1.16. The fourth-order valence-corrected chi connectivity index (χ4v) is 4.48. The molecule has 7 heteroatoms. The number of rotatable bonds is 5. The molecule has 2 aromatic rings. The summed E-state index contributed by atoms with van der Waals surface area (Å²) in [5, 5.41) is 8.76. The van der Waals surface area contributed by atoms with Crippen LogP contribution in [0.2, 0.25) is 0 Å². The van der Waals surface area contributed by atoms with Crippen LogP contribution in [0.5, 0.6) is 5.75 Å². The van der Waals surface area contributed by atoms with Crippen LogP contribution in [0, 0.1) is 11.3 Å². The van der Waals surface area contributed by atoms with Crippen molar-refractivity contribution in [3.63, 3.8) is 0 Å². The maximum Gasteiger partial charge on any atom is 0.315 e. The second-order valence-electron chi connectivity index (χ2n) is 6.40. The lowest BCUT2D eigenvalue weighted by Crippen LogP contribution is -2.35. The third-order valence-corrected chi connectivity index (χ3v) is 6.35. The van der Waals surface area contributed by atoms with E-state index in [1.165, 1.54) is 16.4 Å². The molecule has 0 spiro atoms. The Kier molecular flexibility index (Phi) is 5.89. The van der Waals surface area contributed by atoms with Crippen molar-refractivity contribution in [2.45, 2.75) is 30.6 Å². The molecule has 140 valence electrons. The van der Waals surface area contributed by atoms with Crippen molar-refractivity contribution in [2.75, 3.05) is 13.1 Å². The quantitative estimate of drug-likeness (QED) is 0.584. The molecule has 3 rings (SSSR count). The number of benzene rings is 2. The van der Waals surface area contributed by atoms with Crippen LogP contribution in [0.25, 0.3) is 0 Å². The maximum atomic E-state index is 12.6. The van der Waals surface area contributed by atoms with Crippen LogP contribution in [-0.4, -0.2) is 31.8 Å². The van der Waals surface area contributed by atoms with Crippen molar-refractivity contribution >= 4 is 16.0 Å². The summed E-state index contributed by atoms with van der Waals surface area (Å²) in [6.45, 7) is 1.11. The van der Waals surface area contributed by atoms with Crippen molar-refractivity contribution in [3.8, 4) is 11.8 Å². The summed E-state index contributed by atoms with van der Waals surface area (Å²) in [6.07, 6.45) is 2.87. The Morgan fingerprint density at radius 1 is 1.00 bits per heavy atom. The molecule has 0 N–H and O–H groups in total. The largest absolute Gasteiger partial charge is 0.426 e. The fraction of sp³-hybridized carbons (Fsp3) is 0.300. The first-order valence-corrected chi connectivity index (χ1v) is 10.2. The predicted molar refractivity (Wildman–Crippen MR) is 99.5 cm³/mol. The third kappa shape index (κ3) is 4.73. The Hall–Kier alpha value is -2.69. The van der Waals surface area contributed by atoms with Crippen LogP contribution in [0.15, 0.2) is 53.4 Å². The fourth-order valence-electron chi connectivity index (χ4n) is 2.97. The predicted octanol–water partition coefficient (Wildman–Crippen LogP) is 2.88. The van der Waals surface area contributed by atoms with E-state index in [-0.39, 0.29) is 11.3 Å². The van der Waals surface area contributed by atoms with Gasteiger partial charge in [-0.1, -0.05) is 18.6 Å². The van der Waals surface area contributed by atoms with Crippen molar-refractivity contribution in [1.82, 2.24) is 4.31 Å². The molecule has 1 heterocycles. The zero-order chi connectivity index (χ0) is 19.3. The van der Waals surface area contributed by atoms with Gasteiger partial charge in [-0.15, -0.1) is 0 Å². The van der Waals surface area contributed by atoms with Gasteiger partial charge in [-0.2, -0.15) is 9.57 Å². The van der Waals surface area contributed by atoms with Gasteiger partial charge in [-0.25, -0.2) is 8.42 Å². The standard InChI is InChI=1S/C20H20N2O4S/c21-15-17-4-8-18(9-5-17)26-20(23)14-16-6-10-19(11-7-16)27(24,25)22-12-2-1-3-13-22/h4-11H,1-3,12-14H2. The number of ether oxygens (including phenoxy) is 1. The van der Waals surface area contributed by atoms with E-state index in [2.05, 4.69) is 0 Å². The van der Waals surface area contributed by atoms with E-state index in [0.717, 1.165) is 19.3 Å². The highest BCUT2D eigenvalue weighted by molar-refractivity contribution is 7.89. The first kappa shape index (κ1) is 19.1. The first-order valence-electron chi connectivity index (χ1n) is 8.79. The van der Waals surface area contributed by atoms with E-state index in [1.54, 1.807) is 36.4 Å². The number of hydrogen-bond acceptors (Lipinski definition) is 5. The van der Waals surface area contributed by atoms with Crippen LogP contribution in [0.1, 0.15) is 30.4 Å². The summed E-state index contributed by atoms with van der Waals surface area (Å²) < 4.78 is 32.0. The second-order valence-corrected chi connectivity index (χ2v) is 8.33. The number of piperidine rings is 1. The number of nitrogens with zero attached hydrogens (tertiary/aromatic N) is 2. The van der Waals surface area contributed by atoms with E-state index in [1.807, 2.05) is 6.07 Å². The van der Waals surface area contributed by atoms with Gasteiger partial charge < -0.3 is 4.74 Å². The molecule has 1 aliphatic rings. The van der Waals surface area contributed by atoms with Crippen molar-refractivity contribution in [1.29, 1.82) is 5.26 Å². The summed E-state index contributed by atoms with van der Waals surface area (Å²) in [6, 6.07) is 14.6. The summed E-state index contributed by atoms with van der Waals surface area (Å²) in [5.74, 6) is -0.0883. The summed E-state index contributed by atoms with van der Waals surface area (Å²) in [7, 11) is -3.47. The maximum absolute atomic E-state index is 12.6. The Labute approximate surface area is 159 Å². The molecule has 0 atom stereocenters. The summed E-state index contributed by atoms with van der Waals surface area (Å²) in [4.78, 5) is 12.3. The number of sulfonamides is 1. The molecule has 0 aliphatic carbocycles. The van der Waals surface area contributed by atoms with E-state index >= 15 is 0 Å². The van der Waals surface area contributed by atoms with Crippen molar-refractivity contribution in [2.24, 2.45) is 0 Å². The summed E-state index contributed by atoms with van der Waals surface area (Å²) >= 11 is 0. The van der Waals surface area contributed by atoms with Gasteiger partial charge in [0.25, 0.3) is 0 Å². The minimum atomic E-state index is -3.47. The number of esters is 1. The molecule has 0 radical (unpaired) electrons. The van der Waals surface area contributed by atoms with Gasteiger partial charge in [0.15, 0.2) is 0 Å². The highest BCUT2D eigenvalue weighted by atomic mass is 32.2. The van der Waals surface area contributed by atoms with E-state index in [4.69, 9.17) is 10.00 Å². The number of carbonyl (C=O) groups is 1. The molecule has 1 fully saturated rings. The molecule has 2 aromatic carbocycles. The molecule has 1 aliphatic heterocycles. The molecule has 0 aromatic heterocycles. The molecular weight excluding hydrogens is 364 g/mol. The Morgan fingerprint density at radius 2 is 1.63 bits per heavy atom. The van der Waals surface area contributed by atoms with Gasteiger partial charge in [-0.3, -0.25) is 4.79 Å². The van der Waals surface area contributed by atoms with E-state index in [0.29, 0.717) is 30.0 Å². The lowest BCUT2D eigenvalue weighted by molar-refractivity contribution is -0.133. The van der Waals surface area contributed by atoms with Gasteiger partial charge in [0.1, 0.15) is 5.75 Å². The highest BCUT2D eigenvalue weighted by Gasteiger charge is 2.25. The molecule has 6 nitrogen and oxygen atoms in total. The van der Waals surface area contributed by atoms with Crippen LogP contribution < -0.4 is 4.74 Å². The molecular formula is C20H20N2O4S. The topological polar surface area (TPSA) is 87.5 Å². The SMILES string of the molecule is N#Cc1ccc(OC(=O)Cc2ccc(S(=O)(=O)N3CCCCC3)cc2)cc1. The van der Waals surface area contributed by atoms with Crippen molar-refractivity contribution < 1.29 is 17.9 Å². The normalized spacial score (nSPS) is 15.1. The third-order valence-electron chi connectivity index (χ3n) is 4.44. The zero-order valence-corrected chi connectivity index (χ0v) is 15.6. The smallest absolute Gasteiger partial charge is 0.315 e. The van der Waals surface area contributed by atoms with Crippen LogP contribution in [0.4, 0.5) is 0 Å².